The lowest BCUT2D eigenvalue weighted by molar-refractivity contribution is -0.139. The highest BCUT2D eigenvalue weighted by Gasteiger charge is 2.32. The minimum atomic E-state index is -0.952. The van der Waals surface area contributed by atoms with E-state index in [4.69, 9.17) is 10.8 Å². The van der Waals surface area contributed by atoms with Crippen molar-refractivity contribution in [1.29, 1.82) is 0 Å². The number of carbonyl (C=O) groups is 1. The van der Waals surface area contributed by atoms with Gasteiger partial charge in [0, 0.05) is 22.6 Å². The molecule has 0 radical (unpaired) electrons. The third-order valence-corrected chi connectivity index (χ3v) is 7.90. The molecule has 4 nitrogen and oxygen atoms in total. The molecule has 0 saturated heterocycles. The first-order chi connectivity index (χ1) is 14.3. The average molecular weight is 435 g/mol. The number of carboxylic acids is 1. The number of rotatable bonds is 7. The Morgan fingerprint density at radius 1 is 1.03 bits per heavy atom. The Labute approximate surface area is 187 Å². The van der Waals surface area contributed by atoms with E-state index in [1.165, 1.54) is 75.3 Å². The SMILES string of the molecule is C1CCC(NC2CCCCC2)CC1.Cc1ccc(CSC(C)(C)[C@H](N)C(=O)O)cc1. The molecule has 0 unspecified atom stereocenters. The first-order valence-electron chi connectivity index (χ1n) is 11.7. The molecule has 4 N–H and O–H groups in total. The third-order valence-electron chi connectivity index (χ3n) is 6.43. The zero-order valence-electron chi connectivity index (χ0n) is 19.2. The highest BCUT2D eigenvalue weighted by molar-refractivity contribution is 7.99. The van der Waals surface area contributed by atoms with Crippen LogP contribution < -0.4 is 11.1 Å². The van der Waals surface area contributed by atoms with E-state index in [-0.39, 0.29) is 0 Å². The normalized spacial score (nSPS) is 19.6. The van der Waals surface area contributed by atoms with E-state index >= 15 is 0 Å². The number of hydrogen-bond donors (Lipinski definition) is 3. The Kier molecular flexibility index (Phi) is 10.7. The minimum absolute atomic E-state index is 0.475. The molecule has 2 aliphatic carbocycles. The summed E-state index contributed by atoms with van der Waals surface area (Å²) >= 11 is 1.57. The first-order valence-corrected chi connectivity index (χ1v) is 12.7. The highest BCUT2D eigenvalue weighted by Crippen LogP contribution is 2.30. The number of thioether (sulfide) groups is 1. The van der Waals surface area contributed by atoms with Gasteiger partial charge in [0.1, 0.15) is 6.04 Å². The quantitative estimate of drug-likeness (QED) is 0.516. The van der Waals surface area contributed by atoms with Gasteiger partial charge in [0.2, 0.25) is 0 Å². The number of nitrogens with two attached hydrogens (primary N) is 1. The molecule has 2 aliphatic rings. The van der Waals surface area contributed by atoms with Crippen molar-refractivity contribution in [3.63, 3.8) is 0 Å². The fraction of sp³-hybridized carbons (Fsp3) is 0.720. The maximum absolute atomic E-state index is 10.9. The van der Waals surface area contributed by atoms with Gasteiger partial charge in [-0.2, -0.15) is 0 Å². The Bertz CT molecular complexity index is 605. The third kappa shape index (κ3) is 8.99. The fourth-order valence-electron chi connectivity index (χ4n) is 4.21. The van der Waals surface area contributed by atoms with Crippen molar-refractivity contribution in [3.8, 4) is 0 Å². The fourth-order valence-corrected chi connectivity index (χ4v) is 5.22. The second-order valence-corrected chi connectivity index (χ2v) is 11.2. The van der Waals surface area contributed by atoms with Crippen molar-refractivity contribution in [2.75, 3.05) is 0 Å². The van der Waals surface area contributed by atoms with E-state index in [9.17, 15) is 4.79 Å². The smallest absolute Gasteiger partial charge is 0.321 e. The lowest BCUT2D eigenvalue weighted by Gasteiger charge is -2.30. The highest BCUT2D eigenvalue weighted by atomic mass is 32.2. The summed E-state index contributed by atoms with van der Waals surface area (Å²) in [4.78, 5) is 10.9. The summed E-state index contributed by atoms with van der Waals surface area (Å²) in [5.74, 6) is -0.180. The molecular weight excluding hydrogens is 392 g/mol. The van der Waals surface area contributed by atoms with Crippen molar-refractivity contribution in [2.45, 2.75) is 114 Å². The maximum atomic E-state index is 10.9. The van der Waals surface area contributed by atoms with E-state index in [2.05, 4.69) is 29.6 Å². The Hall–Kier alpha value is -1.04. The number of aryl methyl sites for hydroxylation is 1. The Morgan fingerprint density at radius 3 is 1.93 bits per heavy atom. The molecule has 3 rings (SSSR count). The van der Waals surface area contributed by atoms with Crippen molar-refractivity contribution in [1.82, 2.24) is 5.32 Å². The summed E-state index contributed by atoms with van der Waals surface area (Å²) in [5.41, 5.74) is 8.07. The number of benzene rings is 1. The topological polar surface area (TPSA) is 75.3 Å². The molecule has 1 aromatic carbocycles. The van der Waals surface area contributed by atoms with Crippen LogP contribution in [0.4, 0.5) is 0 Å². The van der Waals surface area contributed by atoms with E-state index in [0.29, 0.717) is 0 Å². The van der Waals surface area contributed by atoms with Gasteiger partial charge in [0.15, 0.2) is 0 Å². The van der Waals surface area contributed by atoms with Crippen LogP contribution in [0, 0.1) is 6.92 Å². The molecule has 1 atom stereocenters. The summed E-state index contributed by atoms with van der Waals surface area (Å²) in [5, 5.41) is 12.8. The summed E-state index contributed by atoms with van der Waals surface area (Å²) in [7, 11) is 0. The average Bonchev–Trinajstić information content (AvgIpc) is 2.75. The van der Waals surface area contributed by atoms with Gasteiger partial charge in [-0.15, -0.1) is 11.8 Å². The lowest BCUT2D eigenvalue weighted by Crippen LogP contribution is -2.46. The first kappa shape index (κ1) is 25.2. The maximum Gasteiger partial charge on any atom is 0.321 e. The number of hydrogen-bond acceptors (Lipinski definition) is 4. The van der Waals surface area contributed by atoms with Crippen LogP contribution in [-0.2, 0) is 10.5 Å². The van der Waals surface area contributed by atoms with Gasteiger partial charge < -0.3 is 16.2 Å². The molecule has 5 heteroatoms. The molecular formula is C25H42N2O2S. The Balaban J connectivity index is 0.000000220. The molecule has 0 heterocycles. The van der Waals surface area contributed by atoms with Gasteiger partial charge in [-0.05, 0) is 52.0 Å². The van der Waals surface area contributed by atoms with E-state index in [1.54, 1.807) is 11.8 Å². The van der Waals surface area contributed by atoms with Crippen LogP contribution in [0.5, 0.6) is 0 Å². The summed E-state index contributed by atoms with van der Waals surface area (Å²) in [6.07, 6.45) is 14.6. The van der Waals surface area contributed by atoms with Crippen molar-refractivity contribution >= 4 is 17.7 Å². The second kappa shape index (κ2) is 12.7. The van der Waals surface area contributed by atoms with Crippen molar-refractivity contribution < 1.29 is 9.90 Å². The van der Waals surface area contributed by atoms with Crippen LogP contribution in [0.1, 0.15) is 89.2 Å². The summed E-state index contributed by atoms with van der Waals surface area (Å²) in [6.45, 7) is 5.77. The van der Waals surface area contributed by atoms with Crippen LogP contribution in [0.25, 0.3) is 0 Å². The molecule has 0 aromatic heterocycles. The molecule has 0 spiro atoms. The minimum Gasteiger partial charge on any atom is -0.480 e. The van der Waals surface area contributed by atoms with Gasteiger partial charge >= 0.3 is 5.97 Å². The van der Waals surface area contributed by atoms with Crippen LogP contribution in [0.3, 0.4) is 0 Å². The van der Waals surface area contributed by atoms with Gasteiger partial charge in [0.05, 0.1) is 0 Å². The molecule has 2 fully saturated rings. The molecule has 1 aromatic rings. The Morgan fingerprint density at radius 2 is 1.50 bits per heavy atom. The predicted molar refractivity (Wildman–Crippen MR) is 129 cm³/mol. The molecule has 0 aliphatic heterocycles. The predicted octanol–water partition coefficient (Wildman–Crippen LogP) is 5.66. The van der Waals surface area contributed by atoms with Crippen LogP contribution in [-0.4, -0.2) is 33.9 Å². The van der Waals surface area contributed by atoms with Crippen molar-refractivity contribution in [3.05, 3.63) is 35.4 Å². The molecule has 2 saturated carbocycles. The van der Waals surface area contributed by atoms with Gasteiger partial charge in [-0.3, -0.25) is 4.79 Å². The van der Waals surface area contributed by atoms with Crippen LogP contribution in [0.15, 0.2) is 24.3 Å². The molecule has 0 amide bonds. The van der Waals surface area contributed by atoms with Gasteiger partial charge in [0.25, 0.3) is 0 Å². The van der Waals surface area contributed by atoms with Gasteiger partial charge in [-0.25, -0.2) is 0 Å². The van der Waals surface area contributed by atoms with Crippen LogP contribution in [0.2, 0.25) is 0 Å². The standard InChI is InChI=1S/C13H19NO2S.C12H23N/c1-9-4-6-10(7-5-9)8-17-13(2,3)11(14)12(15)16;1-3-7-11(8-4-1)13-12-9-5-2-6-10-12/h4-7,11H,8,14H2,1-3H3,(H,15,16);11-13H,1-10H2/t11-;/m1./s1. The summed E-state index contributed by atoms with van der Waals surface area (Å²) < 4.78 is -0.475. The molecule has 0 bridgehead atoms. The summed E-state index contributed by atoms with van der Waals surface area (Å²) in [6, 6.07) is 9.13. The van der Waals surface area contributed by atoms with Crippen LogP contribution >= 0.6 is 11.8 Å². The monoisotopic (exact) mass is 434 g/mol. The second-order valence-electron chi connectivity index (χ2n) is 9.53. The number of nitrogens with one attached hydrogen (secondary N) is 1. The van der Waals surface area contributed by atoms with Crippen molar-refractivity contribution in [2.24, 2.45) is 5.73 Å². The van der Waals surface area contributed by atoms with E-state index < -0.39 is 16.8 Å². The molecule has 30 heavy (non-hydrogen) atoms. The zero-order chi connectivity index (χ0) is 22.0. The van der Waals surface area contributed by atoms with E-state index in [1.807, 2.05) is 20.8 Å². The lowest BCUT2D eigenvalue weighted by atomic mass is 9.91. The van der Waals surface area contributed by atoms with Gasteiger partial charge in [-0.1, -0.05) is 68.4 Å². The largest absolute Gasteiger partial charge is 0.480 e. The molecule has 170 valence electrons. The van der Waals surface area contributed by atoms with E-state index in [0.717, 1.165) is 17.8 Å². The number of aliphatic carboxylic acids is 1. The zero-order valence-corrected chi connectivity index (χ0v) is 20.0. The number of carboxylic acid groups (broad SMARTS) is 1.